The first-order valence-corrected chi connectivity index (χ1v) is 9.84. The van der Waals surface area contributed by atoms with Crippen molar-refractivity contribution in [1.29, 1.82) is 0 Å². The molecule has 0 fully saturated rings. The molecule has 0 bridgehead atoms. The second kappa shape index (κ2) is 7.97. The van der Waals surface area contributed by atoms with Gasteiger partial charge in [0.2, 0.25) is 0 Å². The number of carbonyl (C=O) groups is 1. The molecule has 4 nitrogen and oxygen atoms in total. The van der Waals surface area contributed by atoms with Gasteiger partial charge in [-0.05, 0) is 55.4 Å². The summed E-state index contributed by atoms with van der Waals surface area (Å²) in [6.45, 7) is 4.30. The lowest BCUT2D eigenvalue weighted by molar-refractivity contribution is 0.0942. The van der Waals surface area contributed by atoms with Crippen molar-refractivity contribution in [2.75, 3.05) is 0 Å². The molecule has 1 aromatic carbocycles. The van der Waals surface area contributed by atoms with Crippen molar-refractivity contribution in [2.24, 2.45) is 5.92 Å². The van der Waals surface area contributed by atoms with Crippen LogP contribution < -0.4 is 16.2 Å². The molecule has 1 aliphatic carbocycles. The second-order valence-corrected chi connectivity index (χ2v) is 7.96. The van der Waals surface area contributed by atoms with E-state index < -0.39 is 0 Å². The van der Waals surface area contributed by atoms with Crippen LogP contribution in [0.1, 0.15) is 52.7 Å². The molecule has 0 saturated carbocycles. The van der Waals surface area contributed by atoms with Gasteiger partial charge in [-0.3, -0.25) is 15.6 Å². The van der Waals surface area contributed by atoms with Crippen LogP contribution in [0.15, 0.2) is 35.7 Å². The van der Waals surface area contributed by atoms with E-state index in [1.165, 1.54) is 10.4 Å². The summed E-state index contributed by atoms with van der Waals surface area (Å²) in [5, 5.41) is 5.54. The van der Waals surface area contributed by atoms with Gasteiger partial charge in [-0.1, -0.05) is 37.3 Å². The highest BCUT2D eigenvalue weighted by molar-refractivity contribution is 7.80. The van der Waals surface area contributed by atoms with Crippen LogP contribution >= 0.6 is 23.6 Å². The predicted molar refractivity (Wildman–Crippen MR) is 107 cm³/mol. The van der Waals surface area contributed by atoms with Crippen molar-refractivity contribution in [3.8, 4) is 0 Å². The number of hydrogen-bond donors (Lipinski definition) is 3. The van der Waals surface area contributed by atoms with Crippen LogP contribution in [0.3, 0.4) is 0 Å². The SMILES string of the molecule is C[C@H]1CCc2c(C(=O)NNC(=S)N[C@@H](C)c3ccccc3)csc2C1. The van der Waals surface area contributed by atoms with Gasteiger partial charge < -0.3 is 5.32 Å². The highest BCUT2D eigenvalue weighted by atomic mass is 32.1. The average Bonchev–Trinajstić information content (AvgIpc) is 3.03. The Morgan fingerprint density at radius 3 is 2.80 bits per heavy atom. The van der Waals surface area contributed by atoms with E-state index in [1.807, 2.05) is 42.6 Å². The third kappa shape index (κ3) is 4.38. The van der Waals surface area contributed by atoms with Crippen LogP contribution in [0, 0.1) is 5.92 Å². The van der Waals surface area contributed by atoms with Crippen LogP contribution in [0.25, 0.3) is 0 Å². The molecular formula is C19H23N3OS2. The molecule has 0 unspecified atom stereocenters. The number of rotatable bonds is 3. The Balaban J connectivity index is 1.53. The van der Waals surface area contributed by atoms with Gasteiger partial charge in [-0.25, -0.2) is 0 Å². The number of thiophene rings is 1. The molecule has 132 valence electrons. The Hall–Kier alpha value is -1.92. The maximum absolute atomic E-state index is 12.5. The number of hydrogen-bond acceptors (Lipinski definition) is 3. The van der Waals surface area contributed by atoms with Gasteiger partial charge in [0.1, 0.15) is 0 Å². The lowest BCUT2D eigenvalue weighted by Gasteiger charge is -2.20. The van der Waals surface area contributed by atoms with Crippen LogP contribution in [-0.2, 0) is 12.8 Å². The van der Waals surface area contributed by atoms with Crippen LogP contribution in [0.5, 0.6) is 0 Å². The summed E-state index contributed by atoms with van der Waals surface area (Å²) in [6.07, 6.45) is 3.21. The molecule has 1 heterocycles. The summed E-state index contributed by atoms with van der Waals surface area (Å²) in [6, 6.07) is 10.1. The van der Waals surface area contributed by atoms with Crippen molar-refractivity contribution >= 4 is 34.6 Å². The van der Waals surface area contributed by atoms with Gasteiger partial charge in [-0.2, -0.15) is 0 Å². The Bertz CT molecular complexity index is 757. The number of hydrazine groups is 1. The number of fused-ring (bicyclic) bond motifs is 1. The zero-order valence-electron chi connectivity index (χ0n) is 14.5. The fourth-order valence-electron chi connectivity index (χ4n) is 3.11. The minimum Gasteiger partial charge on any atom is -0.355 e. The summed E-state index contributed by atoms with van der Waals surface area (Å²) in [5.74, 6) is 0.583. The topological polar surface area (TPSA) is 53.2 Å². The van der Waals surface area contributed by atoms with E-state index in [4.69, 9.17) is 12.2 Å². The molecule has 1 aliphatic rings. The van der Waals surface area contributed by atoms with E-state index in [1.54, 1.807) is 11.3 Å². The summed E-state index contributed by atoms with van der Waals surface area (Å²) < 4.78 is 0. The zero-order chi connectivity index (χ0) is 17.8. The van der Waals surface area contributed by atoms with Crippen molar-refractivity contribution in [3.05, 3.63) is 57.3 Å². The molecule has 0 spiro atoms. The minimum absolute atomic E-state index is 0.0634. The van der Waals surface area contributed by atoms with Gasteiger partial charge in [-0.15, -0.1) is 11.3 Å². The van der Waals surface area contributed by atoms with Gasteiger partial charge in [0.05, 0.1) is 11.6 Å². The average molecular weight is 374 g/mol. The van der Waals surface area contributed by atoms with Gasteiger partial charge in [0.25, 0.3) is 5.91 Å². The zero-order valence-corrected chi connectivity index (χ0v) is 16.1. The summed E-state index contributed by atoms with van der Waals surface area (Å²) in [7, 11) is 0. The number of thiocarbonyl (C=S) groups is 1. The Labute approximate surface area is 158 Å². The normalized spacial score (nSPS) is 17.3. The highest BCUT2D eigenvalue weighted by Gasteiger charge is 2.23. The molecule has 0 aliphatic heterocycles. The molecule has 1 aromatic heterocycles. The number of amides is 1. The molecule has 3 rings (SSSR count). The van der Waals surface area contributed by atoms with E-state index >= 15 is 0 Å². The summed E-state index contributed by atoms with van der Waals surface area (Å²) in [5.41, 5.74) is 8.65. The van der Waals surface area contributed by atoms with Gasteiger partial charge >= 0.3 is 0 Å². The van der Waals surface area contributed by atoms with Crippen molar-refractivity contribution in [1.82, 2.24) is 16.2 Å². The first-order valence-electron chi connectivity index (χ1n) is 8.55. The summed E-state index contributed by atoms with van der Waals surface area (Å²) >= 11 is 6.97. The Morgan fingerprint density at radius 2 is 2.04 bits per heavy atom. The van der Waals surface area contributed by atoms with Crippen LogP contribution in [-0.4, -0.2) is 11.0 Å². The van der Waals surface area contributed by atoms with E-state index in [9.17, 15) is 4.79 Å². The van der Waals surface area contributed by atoms with Gasteiger partial charge in [0.15, 0.2) is 5.11 Å². The van der Waals surface area contributed by atoms with Gasteiger partial charge in [0, 0.05) is 10.3 Å². The molecule has 6 heteroatoms. The second-order valence-electron chi connectivity index (χ2n) is 6.58. The van der Waals surface area contributed by atoms with Crippen LogP contribution in [0.2, 0.25) is 0 Å². The molecule has 0 saturated heterocycles. The first-order chi connectivity index (χ1) is 12.0. The quantitative estimate of drug-likeness (QED) is 0.567. The Kier molecular flexibility index (Phi) is 5.71. The lowest BCUT2D eigenvalue weighted by Crippen LogP contribution is -2.47. The van der Waals surface area contributed by atoms with E-state index in [2.05, 4.69) is 23.1 Å². The standard InChI is InChI=1S/C19H23N3OS2/c1-12-8-9-15-16(11-25-17(15)10-12)18(23)21-22-19(24)20-13(2)14-6-4-3-5-7-14/h3-7,11-13H,8-10H2,1-2H3,(H,21,23)(H2,20,22,24)/t12-,13-/m0/s1. The molecule has 3 N–H and O–H groups in total. The number of carbonyl (C=O) groups excluding carboxylic acids is 1. The fraction of sp³-hybridized carbons (Fsp3) is 0.368. The third-order valence-electron chi connectivity index (χ3n) is 4.58. The molecule has 0 radical (unpaired) electrons. The fourth-order valence-corrected chi connectivity index (χ4v) is 4.58. The number of benzene rings is 1. The van der Waals surface area contributed by atoms with E-state index in [0.29, 0.717) is 11.0 Å². The minimum atomic E-state index is -0.122. The largest absolute Gasteiger partial charge is 0.355 e. The Morgan fingerprint density at radius 1 is 1.28 bits per heavy atom. The van der Waals surface area contributed by atoms with E-state index in [0.717, 1.165) is 30.4 Å². The van der Waals surface area contributed by atoms with Crippen LogP contribution in [0.4, 0.5) is 0 Å². The third-order valence-corrected chi connectivity index (χ3v) is 5.85. The maximum Gasteiger partial charge on any atom is 0.270 e. The maximum atomic E-state index is 12.5. The predicted octanol–water partition coefficient (Wildman–Crippen LogP) is 3.74. The van der Waals surface area contributed by atoms with Crippen molar-refractivity contribution in [3.63, 3.8) is 0 Å². The molecule has 2 atom stereocenters. The van der Waals surface area contributed by atoms with Crippen molar-refractivity contribution < 1.29 is 4.79 Å². The highest BCUT2D eigenvalue weighted by Crippen LogP contribution is 2.32. The molecule has 1 amide bonds. The smallest absolute Gasteiger partial charge is 0.270 e. The molecular weight excluding hydrogens is 350 g/mol. The molecule has 2 aromatic rings. The first kappa shape index (κ1) is 17.9. The monoisotopic (exact) mass is 373 g/mol. The van der Waals surface area contributed by atoms with Crippen molar-refractivity contribution in [2.45, 2.75) is 39.2 Å². The van der Waals surface area contributed by atoms with E-state index in [-0.39, 0.29) is 11.9 Å². The lowest BCUT2D eigenvalue weighted by atomic mass is 9.88. The summed E-state index contributed by atoms with van der Waals surface area (Å²) in [4.78, 5) is 13.8. The number of nitrogens with one attached hydrogen (secondary N) is 3. The molecule has 25 heavy (non-hydrogen) atoms.